The molecule has 16 heavy (non-hydrogen) atoms. The Labute approximate surface area is 95.7 Å². The summed E-state index contributed by atoms with van der Waals surface area (Å²) in [4.78, 5) is 0. The zero-order valence-corrected chi connectivity index (χ0v) is 9.02. The van der Waals surface area contributed by atoms with Gasteiger partial charge in [-0.3, -0.25) is 5.73 Å². The maximum absolute atomic E-state index is 7.28. The van der Waals surface area contributed by atoms with E-state index in [1.807, 2.05) is 54.6 Å². The van der Waals surface area contributed by atoms with Gasteiger partial charge in [-0.2, -0.15) is 0 Å². The Bertz CT molecular complexity index is 439. The van der Waals surface area contributed by atoms with Crippen molar-refractivity contribution in [3.05, 3.63) is 65.7 Å². The third-order valence-corrected chi connectivity index (χ3v) is 2.35. The van der Waals surface area contributed by atoms with E-state index in [1.54, 1.807) is 0 Å². The Morgan fingerprint density at radius 3 is 2.38 bits per heavy atom. The Morgan fingerprint density at radius 1 is 0.875 bits per heavy atom. The number of benzene rings is 2. The molecule has 1 radical (unpaired) electrons. The largest absolute Gasteiger partial charge is 0.489 e. The molecule has 0 saturated heterocycles. The number of hydrogen-bond acceptors (Lipinski definition) is 1. The van der Waals surface area contributed by atoms with Crippen molar-refractivity contribution < 1.29 is 4.74 Å². The van der Waals surface area contributed by atoms with Gasteiger partial charge in [-0.1, -0.05) is 42.5 Å². The van der Waals surface area contributed by atoms with Gasteiger partial charge in [0.2, 0.25) is 0 Å². The quantitative estimate of drug-likeness (QED) is 0.766. The highest BCUT2D eigenvalue weighted by Gasteiger charge is 1.96. The van der Waals surface area contributed by atoms with E-state index >= 15 is 0 Å². The monoisotopic (exact) mass is 212 g/mol. The van der Waals surface area contributed by atoms with E-state index in [9.17, 15) is 0 Å². The second-order valence-corrected chi connectivity index (χ2v) is 3.60. The summed E-state index contributed by atoms with van der Waals surface area (Å²) >= 11 is 0. The van der Waals surface area contributed by atoms with Crippen LogP contribution in [0.5, 0.6) is 5.75 Å². The van der Waals surface area contributed by atoms with E-state index in [4.69, 9.17) is 10.5 Å². The van der Waals surface area contributed by atoms with Crippen molar-refractivity contribution in [1.29, 1.82) is 0 Å². The van der Waals surface area contributed by atoms with Gasteiger partial charge in [-0.05, 0) is 23.3 Å². The SMILES string of the molecule is [NH]Cc1cccc(OCc2ccccc2)c1. The minimum Gasteiger partial charge on any atom is -0.489 e. The van der Waals surface area contributed by atoms with Crippen molar-refractivity contribution in [2.75, 3.05) is 0 Å². The average molecular weight is 212 g/mol. The van der Waals surface area contributed by atoms with Crippen molar-refractivity contribution in [2.45, 2.75) is 13.2 Å². The van der Waals surface area contributed by atoms with Crippen LogP contribution in [0.3, 0.4) is 0 Å². The van der Waals surface area contributed by atoms with Crippen LogP contribution in [-0.2, 0) is 13.2 Å². The van der Waals surface area contributed by atoms with E-state index in [2.05, 4.69) is 0 Å². The molecule has 0 atom stereocenters. The normalized spacial score (nSPS) is 10.1. The third-order valence-electron chi connectivity index (χ3n) is 2.35. The predicted molar refractivity (Wildman–Crippen MR) is 64.0 cm³/mol. The molecule has 81 valence electrons. The molecule has 0 aromatic heterocycles. The van der Waals surface area contributed by atoms with Gasteiger partial charge in [0.15, 0.2) is 0 Å². The van der Waals surface area contributed by atoms with Crippen LogP contribution in [0.25, 0.3) is 0 Å². The molecule has 0 aliphatic rings. The number of hydrogen-bond donors (Lipinski definition) is 0. The van der Waals surface area contributed by atoms with Crippen LogP contribution in [0.4, 0.5) is 0 Å². The zero-order valence-electron chi connectivity index (χ0n) is 9.02. The first-order valence-corrected chi connectivity index (χ1v) is 5.29. The van der Waals surface area contributed by atoms with E-state index in [0.717, 1.165) is 16.9 Å². The van der Waals surface area contributed by atoms with E-state index in [1.165, 1.54) is 0 Å². The topological polar surface area (TPSA) is 33.0 Å². The molecule has 0 fully saturated rings. The Hall–Kier alpha value is -1.80. The second-order valence-electron chi connectivity index (χ2n) is 3.60. The molecule has 0 bridgehead atoms. The number of nitrogens with one attached hydrogen (secondary N) is 1. The molecule has 0 saturated carbocycles. The van der Waals surface area contributed by atoms with Crippen LogP contribution in [0.2, 0.25) is 0 Å². The lowest BCUT2D eigenvalue weighted by Gasteiger charge is -2.07. The molecule has 2 nitrogen and oxygen atoms in total. The summed E-state index contributed by atoms with van der Waals surface area (Å²) < 4.78 is 5.65. The minimum atomic E-state index is 0.294. The molecular weight excluding hydrogens is 198 g/mol. The summed E-state index contributed by atoms with van der Waals surface area (Å²) in [5, 5.41) is 0. The molecular formula is C14H14NO. The fourth-order valence-electron chi connectivity index (χ4n) is 1.49. The highest BCUT2D eigenvalue weighted by molar-refractivity contribution is 5.28. The van der Waals surface area contributed by atoms with Gasteiger partial charge in [0.1, 0.15) is 12.4 Å². The van der Waals surface area contributed by atoms with E-state index in [-0.39, 0.29) is 0 Å². The van der Waals surface area contributed by atoms with Crippen LogP contribution in [0.15, 0.2) is 54.6 Å². The van der Waals surface area contributed by atoms with Crippen LogP contribution < -0.4 is 10.5 Å². The second kappa shape index (κ2) is 5.33. The van der Waals surface area contributed by atoms with Crippen molar-refractivity contribution in [3.8, 4) is 5.75 Å². The lowest BCUT2D eigenvalue weighted by molar-refractivity contribution is 0.306. The molecule has 0 aliphatic heterocycles. The molecule has 2 heteroatoms. The highest BCUT2D eigenvalue weighted by atomic mass is 16.5. The van der Waals surface area contributed by atoms with Crippen molar-refractivity contribution in [2.24, 2.45) is 0 Å². The van der Waals surface area contributed by atoms with Gasteiger partial charge in [-0.15, -0.1) is 0 Å². The van der Waals surface area contributed by atoms with Crippen molar-refractivity contribution in [3.63, 3.8) is 0 Å². The van der Waals surface area contributed by atoms with Crippen LogP contribution in [0.1, 0.15) is 11.1 Å². The Kier molecular flexibility index (Phi) is 3.57. The van der Waals surface area contributed by atoms with Gasteiger partial charge in [-0.25, -0.2) is 0 Å². The smallest absolute Gasteiger partial charge is 0.120 e. The third kappa shape index (κ3) is 2.84. The molecule has 0 unspecified atom stereocenters. The van der Waals surface area contributed by atoms with Crippen molar-refractivity contribution >= 4 is 0 Å². The molecule has 1 N–H and O–H groups in total. The predicted octanol–water partition coefficient (Wildman–Crippen LogP) is 3.05. The number of rotatable bonds is 4. The van der Waals surface area contributed by atoms with Crippen LogP contribution in [-0.4, -0.2) is 0 Å². The maximum atomic E-state index is 7.28. The molecule has 2 aromatic rings. The summed E-state index contributed by atoms with van der Waals surface area (Å²) in [6.07, 6.45) is 0. The summed E-state index contributed by atoms with van der Waals surface area (Å²) in [5.74, 6) is 0.827. The highest BCUT2D eigenvalue weighted by Crippen LogP contribution is 2.14. The van der Waals surface area contributed by atoms with Gasteiger partial charge in [0.05, 0.1) is 0 Å². The maximum Gasteiger partial charge on any atom is 0.120 e. The van der Waals surface area contributed by atoms with Crippen LogP contribution in [0, 0.1) is 0 Å². The lowest BCUT2D eigenvalue weighted by atomic mass is 10.2. The zero-order chi connectivity index (χ0) is 11.2. The molecule has 2 aromatic carbocycles. The summed E-state index contributed by atoms with van der Waals surface area (Å²) in [7, 11) is 0. The first-order valence-electron chi connectivity index (χ1n) is 5.29. The molecule has 0 aliphatic carbocycles. The molecule has 2 rings (SSSR count). The van der Waals surface area contributed by atoms with Crippen molar-refractivity contribution in [1.82, 2.24) is 5.73 Å². The fraction of sp³-hybridized carbons (Fsp3) is 0.143. The van der Waals surface area contributed by atoms with Gasteiger partial charge < -0.3 is 4.74 Å². The van der Waals surface area contributed by atoms with Gasteiger partial charge in [0, 0.05) is 6.54 Å². The molecule has 0 spiro atoms. The van der Waals surface area contributed by atoms with Crippen LogP contribution >= 0.6 is 0 Å². The standard InChI is InChI=1S/C14H14NO/c15-10-13-7-4-8-14(9-13)16-11-12-5-2-1-3-6-12/h1-9,15H,10-11H2. The fourth-order valence-corrected chi connectivity index (χ4v) is 1.49. The summed E-state index contributed by atoms with van der Waals surface area (Å²) in [5.41, 5.74) is 9.41. The Balaban J connectivity index is 1.99. The first kappa shape index (κ1) is 10.7. The van der Waals surface area contributed by atoms with E-state index in [0.29, 0.717) is 13.2 Å². The molecule has 0 amide bonds. The minimum absolute atomic E-state index is 0.294. The summed E-state index contributed by atoms with van der Waals surface area (Å²) in [6.45, 7) is 0.866. The lowest BCUT2D eigenvalue weighted by Crippen LogP contribution is -1.95. The van der Waals surface area contributed by atoms with E-state index < -0.39 is 0 Å². The summed E-state index contributed by atoms with van der Waals surface area (Å²) in [6, 6.07) is 17.7. The first-order chi connectivity index (χ1) is 7.88. The average Bonchev–Trinajstić information content (AvgIpc) is 2.38. The molecule has 0 heterocycles. The Morgan fingerprint density at radius 2 is 1.62 bits per heavy atom. The van der Waals surface area contributed by atoms with Gasteiger partial charge in [0.25, 0.3) is 0 Å². The van der Waals surface area contributed by atoms with Gasteiger partial charge >= 0.3 is 0 Å². The number of ether oxygens (including phenoxy) is 1.